The molecule has 0 saturated carbocycles. The van der Waals surface area contributed by atoms with Crippen molar-refractivity contribution in [1.29, 1.82) is 0 Å². The number of halogens is 1. The van der Waals surface area contributed by atoms with Crippen molar-refractivity contribution in [3.05, 3.63) is 69.2 Å². The molecule has 2 aromatic carbocycles. The molecule has 0 aliphatic heterocycles. The second-order valence-corrected chi connectivity index (χ2v) is 9.91. The van der Waals surface area contributed by atoms with Crippen molar-refractivity contribution in [2.24, 2.45) is 5.92 Å². The van der Waals surface area contributed by atoms with Gasteiger partial charge in [-0.2, -0.15) is 0 Å². The van der Waals surface area contributed by atoms with Crippen LogP contribution >= 0.6 is 11.6 Å². The minimum atomic E-state index is -0.349. The average Bonchev–Trinajstić information content (AvgIpc) is 2.76. The fraction of sp³-hybridized carbons (Fsp3) is 0.444. The summed E-state index contributed by atoms with van der Waals surface area (Å²) in [5.74, 6) is 0.884. The van der Waals surface area contributed by atoms with Crippen LogP contribution in [0.25, 0.3) is 16.6 Å². The van der Waals surface area contributed by atoms with Crippen molar-refractivity contribution < 1.29 is 4.79 Å². The molecule has 0 aliphatic rings. The second-order valence-electron chi connectivity index (χ2n) is 9.47. The van der Waals surface area contributed by atoms with Gasteiger partial charge in [-0.1, -0.05) is 44.5 Å². The molecule has 0 aliphatic carbocycles. The van der Waals surface area contributed by atoms with Crippen LogP contribution in [0.5, 0.6) is 0 Å². The molecule has 1 heterocycles. The first-order chi connectivity index (χ1) is 16.1. The maximum atomic E-state index is 13.8. The highest BCUT2D eigenvalue weighted by Gasteiger charge is 2.29. The lowest BCUT2D eigenvalue weighted by Crippen LogP contribution is -2.42. The van der Waals surface area contributed by atoms with E-state index in [1.807, 2.05) is 77.0 Å². The third-order valence-electron chi connectivity index (χ3n) is 5.95. The molecule has 1 aromatic heterocycles. The number of benzene rings is 2. The Balaban J connectivity index is 2.28. The number of hydrogen-bond donors (Lipinski definition) is 0. The van der Waals surface area contributed by atoms with E-state index in [0.717, 1.165) is 17.8 Å². The normalized spacial score (nSPS) is 12.5. The Morgan fingerprint density at radius 1 is 1.12 bits per heavy atom. The van der Waals surface area contributed by atoms with Crippen LogP contribution in [0.15, 0.2) is 47.3 Å². The van der Waals surface area contributed by atoms with Gasteiger partial charge in [0.25, 0.3) is 5.56 Å². The van der Waals surface area contributed by atoms with Crippen LogP contribution in [-0.2, 0) is 4.79 Å². The van der Waals surface area contributed by atoms with Gasteiger partial charge in [-0.25, -0.2) is 4.98 Å². The van der Waals surface area contributed by atoms with E-state index in [1.54, 1.807) is 16.7 Å². The van der Waals surface area contributed by atoms with E-state index in [4.69, 9.17) is 16.6 Å². The SMILES string of the molecule is CCC(c1nc2ccccc2c(=O)n1-c1ccc(Cl)cc1C)N(CCN(C)C)C(=O)CC(C)C. The smallest absolute Gasteiger partial charge is 0.266 e. The molecular weight excluding hydrogens is 448 g/mol. The van der Waals surface area contributed by atoms with Crippen LogP contribution < -0.4 is 5.56 Å². The van der Waals surface area contributed by atoms with Gasteiger partial charge < -0.3 is 9.80 Å². The molecule has 6 nitrogen and oxygen atoms in total. The lowest BCUT2D eigenvalue weighted by atomic mass is 10.1. The Hall–Kier alpha value is -2.70. The van der Waals surface area contributed by atoms with Crippen molar-refractivity contribution in [2.45, 2.75) is 46.6 Å². The Morgan fingerprint density at radius 2 is 1.82 bits per heavy atom. The van der Waals surface area contributed by atoms with Crippen molar-refractivity contribution in [1.82, 2.24) is 19.4 Å². The van der Waals surface area contributed by atoms with Crippen molar-refractivity contribution in [2.75, 3.05) is 27.2 Å². The molecule has 0 radical (unpaired) electrons. The number of likely N-dealkylation sites (N-methyl/N-ethyl adjacent to an activating group) is 1. The molecule has 1 amide bonds. The monoisotopic (exact) mass is 482 g/mol. The van der Waals surface area contributed by atoms with Crippen molar-refractivity contribution in [3.63, 3.8) is 0 Å². The highest BCUT2D eigenvalue weighted by molar-refractivity contribution is 6.30. The molecule has 7 heteroatoms. The first-order valence-electron chi connectivity index (χ1n) is 11.9. The minimum Gasteiger partial charge on any atom is -0.331 e. The van der Waals surface area contributed by atoms with Crippen LogP contribution in [0, 0.1) is 12.8 Å². The van der Waals surface area contributed by atoms with Crippen LogP contribution in [0.3, 0.4) is 0 Å². The third kappa shape index (κ3) is 5.68. The molecule has 0 bridgehead atoms. The molecule has 0 spiro atoms. The molecule has 0 N–H and O–H groups in total. The molecule has 0 fully saturated rings. The third-order valence-corrected chi connectivity index (χ3v) is 6.19. The van der Waals surface area contributed by atoms with Crippen LogP contribution in [-0.4, -0.2) is 52.4 Å². The lowest BCUT2D eigenvalue weighted by Gasteiger charge is -2.34. The summed E-state index contributed by atoms with van der Waals surface area (Å²) in [7, 11) is 3.99. The maximum absolute atomic E-state index is 13.8. The predicted octanol–water partition coefficient (Wildman–Crippen LogP) is 5.23. The number of carbonyl (C=O) groups excluding carboxylic acids is 1. The standard InChI is InChI=1S/C27H35ClN4O2/c1-7-23(31(15-14-30(5)6)25(33)16-18(2)3)26-29-22-11-9-8-10-21(22)27(34)32(26)24-13-12-20(28)17-19(24)4/h8-13,17-18,23H,7,14-16H2,1-6H3. The molecule has 182 valence electrons. The van der Waals surface area contributed by atoms with Crippen LogP contribution in [0.1, 0.15) is 51.0 Å². The summed E-state index contributed by atoms with van der Waals surface area (Å²) in [5.41, 5.74) is 2.09. The van der Waals surface area contributed by atoms with Gasteiger partial charge >= 0.3 is 0 Å². The first-order valence-corrected chi connectivity index (χ1v) is 12.2. The summed E-state index contributed by atoms with van der Waals surface area (Å²) in [4.78, 5) is 36.2. The number of amides is 1. The van der Waals surface area contributed by atoms with Gasteiger partial charge in [0.05, 0.1) is 22.6 Å². The molecule has 34 heavy (non-hydrogen) atoms. The van der Waals surface area contributed by atoms with Crippen LogP contribution in [0.4, 0.5) is 0 Å². The van der Waals surface area contributed by atoms with Gasteiger partial charge in [-0.3, -0.25) is 14.2 Å². The number of para-hydroxylation sites is 1. The number of aryl methyl sites for hydroxylation is 1. The van der Waals surface area contributed by atoms with Crippen molar-refractivity contribution in [3.8, 4) is 5.69 Å². The summed E-state index contributed by atoms with van der Waals surface area (Å²) >= 11 is 6.22. The minimum absolute atomic E-state index is 0.0745. The number of aromatic nitrogens is 2. The average molecular weight is 483 g/mol. The maximum Gasteiger partial charge on any atom is 0.266 e. The predicted molar refractivity (Wildman–Crippen MR) is 140 cm³/mol. The van der Waals surface area contributed by atoms with E-state index < -0.39 is 0 Å². The fourth-order valence-electron chi connectivity index (χ4n) is 4.25. The van der Waals surface area contributed by atoms with Gasteiger partial charge in [0, 0.05) is 24.5 Å². The number of hydrogen-bond acceptors (Lipinski definition) is 4. The van der Waals surface area contributed by atoms with E-state index in [9.17, 15) is 9.59 Å². The fourth-order valence-corrected chi connectivity index (χ4v) is 4.47. The van der Waals surface area contributed by atoms with Gasteiger partial charge in [-0.15, -0.1) is 0 Å². The summed E-state index contributed by atoms with van der Waals surface area (Å²) in [6, 6.07) is 12.5. The zero-order valence-corrected chi connectivity index (χ0v) is 21.8. The Morgan fingerprint density at radius 3 is 2.44 bits per heavy atom. The van der Waals surface area contributed by atoms with Gasteiger partial charge in [0.1, 0.15) is 5.82 Å². The highest BCUT2D eigenvalue weighted by atomic mass is 35.5. The largest absolute Gasteiger partial charge is 0.331 e. The number of fused-ring (bicyclic) bond motifs is 1. The van der Waals surface area contributed by atoms with E-state index >= 15 is 0 Å². The molecule has 0 saturated heterocycles. The lowest BCUT2D eigenvalue weighted by molar-refractivity contribution is -0.135. The van der Waals surface area contributed by atoms with E-state index in [1.165, 1.54) is 0 Å². The molecule has 1 unspecified atom stereocenters. The van der Waals surface area contributed by atoms with Gasteiger partial charge in [-0.05, 0) is 69.3 Å². The summed E-state index contributed by atoms with van der Waals surface area (Å²) in [6.07, 6.45) is 1.08. The second kappa shape index (κ2) is 11.2. The van der Waals surface area contributed by atoms with E-state index in [-0.39, 0.29) is 23.4 Å². The highest BCUT2D eigenvalue weighted by Crippen LogP contribution is 2.28. The number of carbonyl (C=O) groups is 1. The Kier molecular flexibility index (Phi) is 8.50. The Bertz CT molecular complexity index is 1220. The molecule has 3 rings (SSSR count). The quantitative estimate of drug-likeness (QED) is 0.418. The molecule has 3 aromatic rings. The zero-order chi connectivity index (χ0) is 25.0. The number of rotatable bonds is 9. The number of nitrogens with zero attached hydrogens (tertiary/aromatic N) is 4. The summed E-state index contributed by atoms with van der Waals surface area (Å²) in [6.45, 7) is 9.34. The zero-order valence-electron chi connectivity index (χ0n) is 21.0. The summed E-state index contributed by atoms with van der Waals surface area (Å²) in [5, 5.41) is 1.15. The summed E-state index contributed by atoms with van der Waals surface area (Å²) < 4.78 is 1.67. The van der Waals surface area contributed by atoms with Crippen LogP contribution in [0.2, 0.25) is 5.02 Å². The molecular formula is C27H35ClN4O2. The van der Waals surface area contributed by atoms with E-state index in [2.05, 4.69) is 4.90 Å². The van der Waals surface area contributed by atoms with E-state index in [0.29, 0.717) is 41.1 Å². The van der Waals surface area contributed by atoms with Crippen molar-refractivity contribution >= 4 is 28.4 Å². The topological polar surface area (TPSA) is 58.4 Å². The van der Waals surface area contributed by atoms with Gasteiger partial charge in [0.2, 0.25) is 5.91 Å². The Labute approximate surface area is 207 Å². The molecule has 1 atom stereocenters. The first kappa shape index (κ1) is 25.9. The van der Waals surface area contributed by atoms with Gasteiger partial charge in [0.15, 0.2) is 0 Å².